The fraction of sp³-hybridized carbons (Fsp3) is 0.318. The highest BCUT2D eigenvalue weighted by Gasteiger charge is 2.16. The molecule has 0 unspecified atom stereocenters. The van der Waals surface area contributed by atoms with Gasteiger partial charge in [0, 0.05) is 18.5 Å². The Morgan fingerprint density at radius 3 is 2.26 bits per heavy atom. The summed E-state index contributed by atoms with van der Waals surface area (Å²) in [7, 11) is 0. The van der Waals surface area contributed by atoms with Crippen molar-refractivity contribution >= 4 is 16.7 Å². The van der Waals surface area contributed by atoms with Crippen LogP contribution in [-0.4, -0.2) is 33.7 Å². The van der Waals surface area contributed by atoms with Crippen LogP contribution in [0.4, 0.5) is 0 Å². The fourth-order valence-electron chi connectivity index (χ4n) is 3.24. The lowest BCUT2D eigenvalue weighted by Crippen LogP contribution is -2.33. The molecule has 3 aromatic rings. The van der Waals surface area contributed by atoms with E-state index in [9.17, 15) is 9.59 Å². The van der Waals surface area contributed by atoms with E-state index in [1.165, 1.54) is 10.2 Å². The summed E-state index contributed by atoms with van der Waals surface area (Å²) in [4.78, 5) is 27.3. The van der Waals surface area contributed by atoms with Crippen LogP contribution >= 0.6 is 0 Å². The minimum absolute atomic E-state index is 0.0261. The minimum Gasteiger partial charge on any atom is -0.343 e. The molecule has 1 heterocycles. The van der Waals surface area contributed by atoms with E-state index in [4.69, 9.17) is 0 Å². The number of aryl methyl sites for hydroxylation is 1. The number of fused-ring (bicyclic) bond motifs is 1. The van der Waals surface area contributed by atoms with Gasteiger partial charge in [0.2, 0.25) is 5.91 Å². The second-order valence-corrected chi connectivity index (χ2v) is 6.68. The molecule has 2 aromatic carbocycles. The first kappa shape index (κ1) is 18.8. The SMILES string of the molecule is CCN(CC)C(=O)Cc1nn(Cc2ccc(C)cc2)c(=O)c2ccccc12. The van der Waals surface area contributed by atoms with Gasteiger partial charge in [0.25, 0.3) is 5.56 Å². The topological polar surface area (TPSA) is 55.2 Å². The highest BCUT2D eigenvalue weighted by Crippen LogP contribution is 2.15. The number of amides is 1. The molecule has 27 heavy (non-hydrogen) atoms. The van der Waals surface area contributed by atoms with Crippen LogP contribution < -0.4 is 5.56 Å². The maximum absolute atomic E-state index is 12.9. The summed E-state index contributed by atoms with van der Waals surface area (Å²) < 4.78 is 1.47. The number of carbonyl (C=O) groups excluding carboxylic acids is 1. The number of rotatable bonds is 6. The van der Waals surface area contributed by atoms with E-state index in [1.807, 2.05) is 63.2 Å². The van der Waals surface area contributed by atoms with Crippen LogP contribution in [-0.2, 0) is 17.8 Å². The smallest absolute Gasteiger partial charge is 0.274 e. The largest absolute Gasteiger partial charge is 0.343 e. The Kier molecular flexibility index (Phi) is 5.69. The molecule has 3 rings (SSSR count). The Bertz CT molecular complexity index is 1000. The molecule has 0 spiro atoms. The molecule has 0 aliphatic heterocycles. The van der Waals surface area contributed by atoms with E-state index >= 15 is 0 Å². The summed E-state index contributed by atoms with van der Waals surface area (Å²) in [6.45, 7) is 7.67. The number of likely N-dealkylation sites (N-methyl/N-ethyl adjacent to an activating group) is 1. The van der Waals surface area contributed by atoms with Crippen molar-refractivity contribution in [3.8, 4) is 0 Å². The zero-order valence-corrected chi connectivity index (χ0v) is 16.1. The highest BCUT2D eigenvalue weighted by molar-refractivity contribution is 5.88. The van der Waals surface area contributed by atoms with Gasteiger partial charge in [0.05, 0.1) is 24.0 Å². The predicted molar refractivity (Wildman–Crippen MR) is 108 cm³/mol. The molecule has 1 amide bonds. The number of benzene rings is 2. The first-order chi connectivity index (χ1) is 13.0. The van der Waals surface area contributed by atoms with Gasteiger partial charge in [-0.3, -0.25) is 9.59 Å². The van der Waals surface area contributed by atoms with E-state index < -0.39 is 0 Å². The zero-order chi connectivity index (χ0) is 19.4. The number of hydrogen-bond acceptors (Lipinski definition) is 3. The third-order valence-corrected chi connectivity index (χ3v) is 4.83. The molecule has 0 fully saturated rings. The maximum atomic E-state index is 12.9. The molecule has 0 aliphatic rings. The van der Waals surface area contributed by atoms with Crippen molar-refractivity contribution in [2.24, 2.45) is 0 Å². The highest BCUT2D eigenvalue weighted by atomic mass is 16.2. The average molecular weight is 363 g/mol. The molecule has 0 bridgehead atoms. The number of aromatic nitrogens is 2. The van der Waals surface area contributed by atoms with Gasteiger partial charge in [-0.15, -0.1) is 0 Å². The molecule has 0 aliphatic carbocycles. The van der Waals surface area contributed by atoms with Crippen molar-refractivity contribution in [1.29, 1.82) is 0 Å². The van der Waals surface area contributed by atoms with E-state index in [-0.39, 0.29) is 17.9 Å². The summed E-state index contributed by atoms with van der Waals surface area (Å²) in [5, 5.41) is 5.92. The van der Waals surface area contributed by atoms with E-state index in [0.717, 1.165) is 10.9 Å². The van der Waals surface area contributed by atoms with Crippen LogP contribution in [0.5, 0.6) is 0 Å². The van der Waals surface area contributed by atoms with Gasteiger partial charge in [-0.25, -0.2) is 4.68 Å². The Labute approximate surface area is 159 Å². The first-order valence-corrected chi connectivity index (χ1v) is 9.35. The van der Waals surface area contributed by atoms with Crippen molar-refractivity contribution in [1.82, 2.24) is 14.7 Å². The second kappa shape index (κ2) is 8.16. The number of hydrogen-bond donors (Lipinski definition) is 0. The summed E-state index contributed by atoms with van der Waals surface area (Å²) in [5.74, 6) is 0.0261. The molecular formula is C22H25N3O2. The maximum Gasteiger partial charge on any atom is 0.274 e. The summed E-state index contributed by atoms with van der Waals surface area (Å²) in [5.41, 5.74) is 2.69. The average Bonchev–Trinajstić information content (AvgIpc) is 2.68. The molecule has 0 atom stereocenters. The summed E-state index contributed by atoms with van der Waals surface area (Å²) >= 11 is 0. The molecule has 0 N–H and O–H groups in total. The van der Waals surface area contributed by atoms with E-state index in [1.54, 1.807) is 11.0 Å². The molecular weight excluding hydrogens is 338 g/mol. The zero-order valence-electron chi connectivity index (χ0n) is 16.1. The van der Waals surface area contributed by atoms with Crippen molar-refractivity contribution in [2.45, 2.75) is 33.7 Å². The van der Waals surface area contributed by atoms with Crippen molar-refractivity contribution in [3.63, 3.8) is 0 Å². The molecule has 5 heteroatoms. The predicted octanol–water partition coefficient (Wildman–Crippen LogP) is 3.16. The van der Waals surface area contributed by atoms with Crippen molar-refractivity contribution in [3.05, 3.63) is 75.7 Å². The molecule has 140 valence electrons. The van der Waals surface area contributed by atoms with Crippen molar-refractivity contribution < 1.29 is 4.79 Å². The normalized spacial score (nSPS) is 10.9. The number of carbonyl (C=O) groups is 1. The lowest BCUT2D eigenvalue weighted by molar-refractivity contribution is -0.130. The monoisotopic (exact) mass is 363 g/mol. The first-order valence-electron chi connectivity index (χ1n) is 9.35. The van der Waals surface area contributed by atoms with E-state index in [2.05, 4.69) is 5.10 Å². The van der Waals surface area contributed by atoms with Crippen LogP contribution in [0.1, 0.15) is 30.7 Å². The van der Waals surface area contributed by atoms with Gasteiger partial charge in [-0.1, -0.05) is 48.0 Å². The molecule has 5 nitrogen and oxygen atoms in total. The Morgan fingerprint density at radius 2 is 1.63 bits per heavy atom. The quantitative estimate of drug-likeness (QED) is 0.676. The molecule has 1 aromatic heterocycles. The third kappa shape index (κ3) is 4.08. The Hall–Kier alpha value is -2.95. The second-order valence-electron chi connectivity index (χ2n) is 6.68. The summed E-state index contributed by atoms with van der Waals surface area (Å²) in [6, 6.07) is 15.4. The minimum atomic E-state index is -0.134. The lowest BCUT2D eigenvalue weighted by Gasteiger charge is -2.19. The van der Waals surface area contributed by atoms with Crippen LogP contribution in [0.15, 0.2) is 53.3 Å². The Balaban J connectivity index is 2.04. The van der Waals surface area contributed by atoms with Crippen LogP contribution in [0.3, 0.4) is 0 Å². The molecule has 0 saturated carbocycles. The van der Waals surface area contributed by atoms with Gasteiger partial charge >= 0.3 is 0 Å². The van der Waals surface area contributed by atoms with Gasteiger partial charge < -0.3 is 4.90 Å². The standard InChI is InChI=1S/C22H25N3O2/c1-4-24(5-2)21(26)14-20-18-8-6-7-9-19(18)22(27)25(23-20)15-17-12-10-16(3)11-13-17/h6-13H,4-5,14-15H2,1-3H3. The van der Waals surface area contributed by atoms with Crippen molar-refractivity contribution in [2.75, 3.05) is 13.1 Å². The fourth-order valence-corrected chi connectivity index (χ4v) is 3.24. The lowest BCUT2D eigenvalue weighted by atomic mass is 10.1. The van der Waals surface area contributed by atoms with E-state index in [0.29, 0.717) is 30.7 Å². The van der Waals surface area contributed by atoms with Gasteiger partial charge in [0.15, 0.2) is 0 Å². The number of nitrogens with zero attached hydrogens (tertiary/aromatic N) is 3. The van der Waals surface area contributed by atoms with Crippen LogP contribution in [0.25, 0.3) is 10.8 Å². The third-order valence-electron chi connectivity index (χ3n) is 4.83. The van der Waals surface area contributed by atoms with Crippen LogP contribution in [0, 0.1) is 6.92 Å². The summed E-state index contributed by atoms with van der Waals surface area (Å²) in [6.07, 6.45) is 0.191. The molecule has 0 radical (unpaired) electrons. The van der Waals surface area contributed by atoms with Crippen LogP contribution in [0.2, 0.25) is 0 Å². The Morgan fingerprint density at radius 1 is 1.00 bits per heavy atom. The van der Waals surface area contributed by atoms with Gasteiger partial charge in [0.1, 0.15) is 0 Å². The molecule has 0 saturated heterocycles. The van der Waals surface area contributed by atoms with Gasteiger partial charge in [-0.2, -0.15) is 5.10 Å². The van der Waals surface area contributed by atoms with Gasteiger partial charge in [-0.05, 0) is 32.4 Å².